The molecule has 0 saturated heterocycles. The van der Waals surface area contributed by atoms with Crippen LogP contribution in [0.25, 0.3) is 0 Å². The van der Waals surface area contributed by atoms with Gasteiger partial charge in [-0.25, -0.2) is 0 Å². The van der Waals surface area contributed by atoms with E-state index in [1.807, 2.05) is 32.0 Å². The Bertz CT molecular complexity index is 919. The summed E-state index contributed by atoms with van der Waals surface area (Å²) < 4.78 is 16.6. The third kappa shape index (κ3) is 11.1. The molecule has 1 aromatic rings. The highest BCUT2D eigenvalue weighted by atomic mass is 16.5. The van der Waals surface area contributed by atoms with Gasteiger partial charge in [0.1, 0.15) is 0 Å². The van der Waals surface area contributed by atoms with Crippen molar-refractivity contribution < 1.29 is 28.9 Å². The van der Waals surface area contributed by atoms with Crippen molar-refractivity contribution >= 4 is 12.3 Å². The summed E-state index contributed by atoms with van der Waals surface area (Å²) in [6.45, 7) is 9.91. The van der Waals surface area contributed by atoms with Crippen molar-refractivity contribution in [3.63, 3.8) is 0 Å². The Kier molecular flexibility index (Phi) is 14.9. The Morgan fingerprint density at radius 2 is 1.78 bits per heavy atom. The summed E-state index contributed by atoms with van der Waals surface area (Å²) in [5, 5.41) is 17.1. The summed E-state index contributed by atoms with van der Waals surface area (Å²) in [5.74, 6) is 1.55. The molecular weight excluding hydrogens is 522 g/mol. The fraction of sp³-hybridized carbons (Fsp3) is 0.750. The van der Waals surface area contributed by atoms with Crippen molar-refractivity contribution in [3.8, 4) is 11.5 Å². The van der Waals surface area contributed by atoms with Crippen LogP contribution in [-0.4, -0.2) is 69.1 Å². The zero-order valence-corrected chi connectivity index (χ0v) is 26.1. The van der Waals surface area contributed by atoms with Gasteiger partial charge in [0.2, 0.25) is 12.3 Å². The predicted octanol–water partition coefficient (Wildman–Crippen LogP) is 3.84. The van der Waals surface area contributed by atoms with E-state index in [0.29, 0.717) is 50.0 Å². The van der Waals surface area contributed by atoms with E-state index in [1.54, 1.807) is 14.2 Å². The molecule has 1 aromatic carbocycles. The average molecular weight is 578 g/mol. The summed E-state index contributed by atoms with van der Waals surface area (Å²) in [6.07, 6.45) is 6.22. The molecule has 234 valence electrons. The molecule has 1 aliphatic carbocycles. The molecule has 2 amide bonds. The summed E-state index contributed by atoms with van der Waals surface area (Å²) in [6, 6.07) is 5.55. The number of nitrogens with one attached hydrogen (secondary N) is 2. The van der Waals surface area contributed by atoms with Gasteiger partial charge in [0, 0.05) is 38.6 Å². The molecule has 4 atom stereocenters. The summed E-state index contributed by atoms with van der Waals surface area (Å²) >= 11 is 0. The van der Waals surface area contributed by atoms with E-state index >= 15 is 0 Å². The molecule has 0 radical (unpaired) electrons. The first-order valence-corrected chi connectivity index (χ1v) is 15.3. The number of methoxy groups -OCH3 is 2. The van der Waals surface area contributed by atoms with Gasteiger partial charge in [-0.15, -0.1) is 0 Å². The molecule has 41 heavy (non-hydrogen) atoms. The van der Waals surface area contributed by atoms with Crippen LogP contribution < -0.4 is 25.8 Å². The van der Waals surface area contributed by atoms with Crippen LogP contribution in [0.15, 0.2) is 18.2 Å². The summed E-state index contributed by atoms with van der Waals surface area (Å²) in [4.78, 5) is 24.4. The SMILES string of the molecule is COCCCOc1cc(C[C@@H](C[C@H](N)[C@@H](O)C[C@H](C(=O)NCC2(NC=O)CCCC2)C(C)C)C(C)C)ccc1OC. The highest BCUT2D eigenvalue weighted by Crippen LogP contribution is 2.32. The van der Waals surface area contributed by atoms with Crippen LogP contribution in [0.5, 0.6) is 11.5 Å². The van der Waals surface area contributed by atoms with E-state index < -0.39 is 12.1 Å². The number of rotatable bonds is 20. The van der Waals surface area contributed by atoms with Gasteiger partial charge in [0.05, 0.1) is 25.4 Å². The maximum Gasteiger partial charge on any atom is 0.223 e. The number of nitrogens with two attached hydrogens (primary N) is 1. The number of aliphatic hydroxyl groups excluding tert-OH is 1. The highest BCUT2D eigenvalue weighted by molar-refractivity contribution is 5.79. The van der Waals surface area contributed by atoms with Gasteiger partial charge in [-0.1, -0.05) is 46.6 Å². The van der Waals surface area contributed by atoms with Gasteiger partial charge >= 0.3 is 0 Å². The fourth-order valence-electron chi connectivity index (χ4n) is 5.80. The van der Waals surface area contributed by atoms with E-state index in [9.17, 15) is 14.7 Å². The Hall–Kier alpha value is -2.36. The second kappa shape index (κ2) is 17.6. The van der Waals surface area contributed by atoms with Crippen LogP contribution in [0.3, 0.4) is 0 Å². The van der Waals surface area contributed by atoms with Crippen molar-refractivity contribution in [1.82, 2.24) is 10.6 Å². The minimum Gasteiger partial charge on any atom is -0.493 e. The first-order chi connectivity index (χ1) is 19.6. The quantitative estimate of drug-likeness (QED) is 0.137. The standard InChI is InChI=1S/C32H55N3O6/c1-22(2)25(16-24-10-11-29(40-6)30(17-24)41-15-9-14-39-5)18-27(33)28(37)19-26(23(3)4)31(38)34-20-32(35-21-36)12-7-8-13-32/h10-11,17,21-23,25-28,37H,7-9,12-16,18-20,33H2,1-6H3,(H,34,38)(H,35,36)/t25-,26-,27-,28-/m0/s1. The molecule has 0 unspecified atom stereocenters. The van der Waals surface area contributed by atoms with Gasteiger partial charge in [-0.05, 0) is 67.6 Å². The topological polar surface area (TPSA) is 132 Å². The number of ether oxygens (including phenoxy) is 3. The predicted molar refractivity (Wildman–Crippen MR) is 162 cm³/mol. The number of carbonyl (C=O) groups excluding carboxylic acids is 2. The number of carbonyl (C=O) groups is 2. The molecule has 1 saturated carbocycles. The first kappa shape index (κ1) is 34.8. The van der Waals surface area contributed by atoms with Gasteiger partial charge in [0.15, 0.2) is 11.5 Å². The Morgan fingerprint density at radius 3 is 2.37 bits per heavy atom. The lowest BCUT2D eigenvalue weighted by molar-refractivity contribution is -0.128. The third-order valence-electron chi connectivity index (χ3n) is 8.65. The highest BCUT2D eigenvalue weighted by Gasteiger charge is 2.35. The minimum atomic E-state index is -0.807. The maximum atomic E-state index is 13.2. The van der Waals surface area contributed by atoms with E-state index in [-0.39, 0.29) is 29.2 Å². The van der Waals surface area contributed by atoms with E-state index in [1.165, 1.54) is 0 Å². The van der Waals surface area contributed by atoms with Gasteiger partial charge < -0.3 is 35.7 Å². The minimum absolute atomic E-state index is 0.0397. The number of amides is 2. The lowest BCUT2D eigenvalue weighted by atomic mass is 9.80. The van der Waals surface area contributed by atoms with Crippen molar-refractivity contribution in [1.29, 1.82) is 0 Å². The van der Waals surface area contributed by atoms with Crippen LogP contribution in [0.1, 0.15) is 78.2 Å². The maximum absolute atomic E-state index is 13.2. The first-order valence-electron chi connectivity index (χ1n) is 15.3. The van der Waals surface area contributed by atoms with Crippen LogP contribution in [0, 0.1) is 23.7 Å². The molecule has 0 heterocycles. The Labute approximate surface area is 247 Å². The monoisotopic (exact) mass is 577 g/mol. The smallest absolute Gasteiger partial charge is 0.223 e. The summed E-state index contributed by atoms with van der Waals surface area (Å²) in [7, 11) is 3.31. The van der Waals surface area contributed by atoms with Gasteiger partial charge in [-0.2, -0.15) is 0 Å². The van der Waals surface area contributed by atoms with Crippen molar-refractivity contribution in [2.75, 3.05) is 34.0 Å². The van der Waals surface area contributed by atoms with E-state index in [0.717, 1.165) is 50.5 Å². The molecule has 0 aromatic heterocycles. The van der Waals surface area contributed by atoms with Crippen LogP contribution in [0.2, 0.25) is 0 Å². The molecule has 0 spiro atoms. The van der Waals surface area contributed by atoms with Crippen LogP contribution >= 0.6 is 0 Å². The molecule has 9 heteroatoms. The normalized spacial score (nSPS) is 17.6. The second-order valence-electron chi connectivity index (χ2n) is 12.4. The molecule has 5 N–H and O–H groups in total. The lowest BCUT2D eigenvalue weighted by Crippen LogP contribution is -2.52. The van der Waals surface area contributed by atoms with Crippen molar-refractivity contribution in [2.45, 2.75) is 96.7 Å². The zero-order valence-electron chi connectivity index (χ0n) is 26.1. The molecule has 1 aliphatic rings. The second-order valence-corrected chi connectivity index (χ2v) is 12.4. The summed E-state index contributed by atoms with van der Waals surface area (Å²) in [5.41, 5.74) is 7.33. The fourth-order valence-corrected chi connectivity index (χ4v) is 5.80. The molecule has 1 fully saturated rings. The van der Waals surface area contributed by atoms with Crippen LogP contribution in [-0.2, 0) is 20.7 Å². The Morgan fingerprint density at radius 1 is 1.07 bits per heavy atom. The molecule has 0 aliphatic heterocycles. The lowest BCUT2D eigenvalue weighted by Gasteiger charge is -2.32. The number of aliphatic hydroxyl groups is 1. The van der Waals surface area contributed by atoms with E-state index in [2.05, 4.69) is 24.5 Å². The number of hydrogen-bond donors (Lipinski definition) is 4. The van der Waals surface area contributed by atoms with Gasteiger partial charge in [0.25, 0.3) is 0 Å². The molecule has 9 nitrogen and oxygen atoms in total. The number of hydrogen-bond acceptors (Lipinski definition) is 7. The van der Waals surface area contributed by atoms with E-state index in [4.69, 9.17) is 19.9 Å². The molecule has 2 rings (SSSR count). The van der Waals surface area contributed by atoms with Crippen molar-refractivity contribution in [2.24, 2.45) is 29.4 Å². The molecular formula is C32H55N3O6. The molecule has 0 bridgehead atoms. The Balaban J connectivity index is 2.01. The van der Waals surface area contributed by atoms with Crippen LogP contribution in [0.4, 0.5) is 0 Å². The number of benzene rings is 1. The van der Waals surface area contributed by atoms with Gasteiger partial charge in [-0.3, -0.25) is 9.59 Å². The largest absolute Gasteiger partial charge is 0.493 e. The third-order valence-corrected chi connectivity index (χ3v) is 8.65. The average Bonchev–Trinajstić information content (AvgIpc) is 3.40. The van der Waals surface area contributed by atoms with Crippen molar-refractivity contribution in [3.05, 3.63) is 23.8 Å². The zero-order chi connectivity index (χ0) is 30.4.